The summed E-state index contributed by atoms with van der Waals surface area (Å²) in [5.74, 6) is 0.962. The van der Waals surface area contributed by atoms with Crippen molar-refractivity contribution >= 4 is 27.7 Å². The van der Waals surface area contributed by atoms with Crippen molar-refractivity contribution in [1.29, 1.82) is 0 Å². The molecule has 0 spiro atoms. The number of rotatable bonds is 12. The van der Waals surface area contributed by atoms with E-state index in [1.807, 2.05) is 43.3 Å². The normalized spacial score (nSPS) is 11.5. The second-order valence-electron chi connectivity index (χ2n) is 7.18. The molecule has 0 saturated carbocycles. The van der Waals surface area contributed by atoms with Crippen molar-refractivity contribution in [2.24, 2.45) is 0 Å². The molecule has 1 N–H and O–H groups in total. The third-order valence-electron chi connectivity index (χ3n) is 4.90. The molecule has 2 rings (SSSR count). The van der Waals surface area contributed by atoms with Crippen molar-refractivity contribution < 1.29 is 19.1 Å². The van der Waals surface area contributed by atoms with Crippen LogP contribution in [0.15, 0.2) is 53.0 Å². The maximum atomic E-state index is 13.1. The highest BCUT2D eigenvalue weighted by Gasteiger charge is 2.28. The van der Waals surface area contributed by atoms with Gasteiger partial charge in [-0.3, -0.25) is 9.59 Å². The van der Waals surface area contributed by atoms with Gasteiger partial charge < -0.3 is 19.7 Å². The van der Waals surface area contributed by atoms with Gasteiger partial charge in [-0.25, -0.2) is 0 Å². The standard InChI is InChI=1S/C24H31BrN2O4/c1-4-6-15-26-24(29)22(5-2)27(16-18-7-11-20(30-3)12-8-18)23(28)17-31-21-13-9-19(25)10-14-21/h7-14,22H,4-6,15-17H2,1-3H3,(H,26,29). The lowest BCUT2D eigenvalue weighted by atomic mass is 10.1. The molecule has 1 unspecified atom stereocenters. The van der Waals surface area contributed by atoms with Crippen LogP contribution in [0.3, 0.4) is 0 Å². The van der Waals surface area contributed by atoms with E-state index in [-0.39, 0.29) is 18.4 Å². The van der Waals surface area contributed by atoms with Gasteiger partial charge in [0.05, 0.1) is 7.11 Å². The number of halogens is 1. The van der Waals surface area contributed by atoms with Gasteiger partial charge in [-0.05, 0) is 54.8 Å². The molecule has 0 aliphatic rings. The first-order valence-corrected chi connectivity index (χ1v) is 11.4. The van der Waals surface area contributed by atoms with E-state index in [4.69, 9.17) is 9.47 Å². The number of amides is 2. The van der Waals surface area contributed by atoms with Crippen LogP contribution in [0.25, 0.3) is 0 Å². The topological polar surface area (TPSA) is 67.9 Å². The first kappa shape index (κ1) is 24.7. The van der Waals surface area contributed by atoms with Crippen LogP contribution in [0.4, 0.5) is 0 Å². The van der Waals surface area contributed by atoms with E-state index in [9.17, 15) is 9.59 Å². The summed E-state index contributed by atoms with van der Waals surface area (Å²) >= 11 is 3.38. The first-order chi connectivity index (χ1) is 15.0. The van der Waals surface area contributed by atoms with Crippen LogP contribution in [0, 0.1) is 0 Å². The fraction of sp³-hybridized carbons (Fsp3) is 0.417. The highest BCUT2D eigenvalue weighted by molar-refractivity contribution is 9.10. The second-order valence-corrected chi connectivity index (χ2v) is 8.10. The minimum atomic E-state index is -0.569. The largest absolute Gasteiger partial charge is 0.497 e. The van der Waals surface area contributed by atoms with Gasteiger partial charge in [-0.15, -0.1) is 0 Å². The summed E-state index contributed by atoms with van der Waals surface area (Å²) in [6, 6.07) is 14.2. The number of unbranched alkanes of at least 4 members (excludes halogenated alkanes) is 1. The molecule has 0 bridgehead atoms. The van der Waals surface area contributed by atoms with Crippen LogP contribution in [-0.4, -0.2) is 43.0 Å². The van der Waals surface area contributed by atoms with E-state index in [0.29, 0.717) is 25.3 Å². The number of nitrogens with zero attached hydrogens (tertiary/aromatic N) is 1. The second kappa shape index (κ2) is 13.0. The minimum Gasteiger partial charge on any atom is -0.497 e. The zero-order valence-electron chi connectivity index (χ0n) is 18.4. The van der Waals surface area contributed by atoms with Crippen LogP contribution < -0.4 is 14.8 Å². The summed E-state index contributed by atoms with van der Waals surface area (Å²) in [4.78, 5) is 27.6. The Morgan fingerprint density at radius 1 is 1.03 bits per heavy atom. The van der Waals surface area contributed by atoms with Crippen LogP contribution in [0.1, 0.15) is 38.7 Å². The van der Waals surface area contributed by atoms with Gasteiger partial charge in [-0.2, -0.15) is 0 Å². The quantitative estimate of drug-likeness (QED) is 0.442. The smallest absolute Gasteiger partial charge is 0.261 e. The molecular weight excluding hydrogens is 460 g/mol. The van der Waals surface area contributed by atoms with Crippen molar-refractivity contribution in [3.05, 3.63) is 58.6 Å². The third kappa shape index (κ3) is 7.90. The lowest BCUT2D eigenvalue weighted by molar-refractivity contribution is -0.143. The summed E-state index contributed by atoms with van der Waals surface area (Å²) in [6.07, 6.45) is 2.41. The molecule has 31 heavy (non-hydrogen) atoms. The first-order valence-electron chi connectivity index (χ1n) is 10.6. The van der Waals surface area contributed by atoms with E-state index in [1.165, 1.54) is 0 Å². The Bertz CT molecular complexity index is 824. The Morgan fingerprint density at radius 2 is 1.68 bits per heavy atom. The number of carbonyl (C=O) groups is 2. The number of nitrogens with one attached hydrogen (secondary N) is 1. The number of hydrogen-bond donors (Lipinski definition) is 1. The average Bonchev–Trinajstić information content (AvgIpc) is 2.79. The zero-order valence-corrected chi connectivity index (χ0v) is 20.0. The fourth-order valence-electron chi connectivity index (χ4n) is 3.11. The molecule has 0 aliphatic carbocycles. The summed E-state index contributed by atoms with van der Waals surface area (Å²) < 4.78 is 11.8. The molecule has 0 fully saturated rings. The molecule has 2 aromatic carbocycles. The predicted molar refractivity (Wildman–Crippen MR) is 125 cm³/mol. The van der Waals surface area contributed by atoms with Crippen LogP contribution in [0.5, 0.6) is 11.5 Å². The van der Waals surface area contributed by atoms with Gasteiger partial charge in [0.1, 0.15) is 17.5 Å². The van der Waals surface area contributed by atoms with E-state index in [0.717, 1.165) is 28.6 Å². The summed E-state index contributed by atoms with van der Waals surface area (Å²) in [6.45, 7) is 4.75. The van der Waals surface area contributed by atoms with Crippen molar-refractivity contribution in [2.75, 3.05) is 20.3 Å². The lowest BCUT2D eigenvalue weighted by Crippen LogP contribution is -2.50. The average molecular weight is 491 g/mol. The molecule has 1 atom stereocenters. The van der Waals surface area contributed by atoms with Gasteiger partial charge in [0, 0.05) is 17.6 Å². The Labute approximate surface area is 193 Å². The molecular formula is C24H31BrN2O4. The Balaban J connectivity index is 2.16. The molecule has 0 heterocycles. The van der Waals surface area contributed by atoms with E-state index < -0.39 is 6.04 Å². The molecule has 7 heteroatoms. The van der Waals surface area contributed by atoms with Crippen molar-refractivity contribution in [3.63, 3.8) is 0 Å². The summed E-state index contributed by atoms with van der Waals surface area (Å²) in [7, 11) is 1.61. The summed E-state index contributed by atoms with van der Waals surface area (Å²) in [5.41, 5.74) is 0.914. The maximum Gasteiger partial charge on any atom is 0.261 e. The van der Waals surface area contributed by atoms with Crippen LogP contribution >= 0.6 is 15.9 Å². The van der Waals surface area contributed by atoms with Crippen molar-refractivity contribution in [1.82, 2.24) is 10.2 Å². The molecule has 0 saturated heterocycles. The molecule has 6 nitrogen and oxygen atoms in total. The lowest BCUT2D eigenvalue weighted by Gasteiger charge is -2.30. The summed E-state index contributed by atoms with van der Waals surface area (Å²) in [5, 5.41) is 2.96. The minimum absolute atomic E-state index is 0.138. The Morgan fingerprint density at radius 3 is 2.26 bits per heavy atom. The monoisotopic (exact) mass is 490 g/mol. The SMILES string of the molecule is CCCCNC(=O)C(CC)N(Cc1ccc(OC)cc1)C(=O)COc1ccc(Br)cc1. The number of methoxy groups -OCH3 is 1. The van der Waals surface area contributed by atoms with Crippen LogP contribution in [-0.2, 0) is 16.1 Å². The number of benzene rings is 2. The fourth-order valence-corrected chi connectivity index (χ4v) is 3.38. The van der Waals surface area contributed by atoms with Gasteiger partial charge in [0.15, 0.2) is 6.61 Å². The van der Waals surface area contributed by atoms with E-state index in [1.54, 1.807) is 24.1 Å². The third-order valence-corrected chi connectivity index (χ3v) is 5.43. The van der Waals surface area contributed by atoms with Crippen molar-refractivity contribution in [3.8, 4) is 11.5 Å². The molecule has 0 aromatic heterocycles. The zero-order chi connectivity index (χ0) is 22.6. The van der Waals surface area contributed by atoms with Gasteiger partial charge in [0.25, 0.3) is 5.91 Å². The van der Waals surface area contributed by atoms with Gasteiger partial charge >= 0.3 is 0 Å². The number of carbonyl (C=O) groups excluding carboxylic acids is 2. The molecule has 2 aromatic rings. The predicted octanol–water partition coefficient (Wildman–Crippen LogP) is 4.56. The highest BCUT2D eigenvalue weighted by atomic mass is 79.9. The molecule has 2 amide bonds. The maximum absolute atomic E-state index is 13.1. The van der Waals surface area contributed by atoms with E-state index >= 15 is 0 Å². The Hall–Kier alpha value is -2.54. The highest BCUT2D eigenvalue weighted by Crippen LogP contribution is 2.18. The molecule has 0 aliphatic heterocycles. The molecule has 168 valence electrons. The number of hydrogen-bond acceptors (Lipinski definition) is 4. The van der Waals surface area contributed by atoms with E-state index in [2.05, 4.69) is 28.2 Å². The molecule has 0 radical (unpaired) electrons. The Kier molecular flexibility index (Phi) is 10.4. The number of ether oxygens (including phenoxy) is 2. The van der Waals surface area contributed by atoms with Crippen molar-refractivity contribution in [2.45, 2.75) is 45.7 Å². The van der Waals surface area contributed by atoms with Gasteiger partial charge in [-0.1, -0.05) is 48.3 Å². The van der Waals surface area contributed by atoms with Gasteiger partial charge in [0.2, 0.25) is 5.91 Å². The van der Waals surface area contributed by atoms with Crippen LogP contribution in [0.2, 0.25) is 0 Å².